The lowest BCUT2D eigenvalue weighted by Crippen LogP contribution is -2.37. The average molecular weight is 450 g/mol. The number of thiazole rings is 1. The number of methoxy groups -OCH3 is 1. The lowest BCUT2D eigenvalue weighted by atomic mass is 10.0. The molecule has 1 aliphatic rings. The monoisotopic (exact) mass is 449 g/mol. The Bertz CT molecular complexity index is 1280. The largest absolute Gasteiger partial charge is 0.497 e. The van der Waals surface area contributed by atoms with Gasteiger partial charge in [-0.1, -0.05) is 6.07 Å². The zero-order valence-electron chi connectivity index (χ0n) is 17.5. The maximum Gasteiger partial charge on any atom is 0.325 e. The highest BCUT2D eigenvalue weighted by Gasteiger charge is 2.33. The maximum atomic E-state index is 12.4. The Labute approximate surface area is 188 Å². The lowest BCUT2D eigenvalue weighted by Gasteiger charge is -2.31. The zero-order chi connectivity index (χ0) is 22.2. The molecule has 5 rings (SSSR count). The molecule has 0 saturated heterocycles. The van der Waals surface area contributed by atoms with Gasteiger partial charge in [0.1, 0.15) is 16.8 Å². The molecule has 32 heavy (non-hydrogen) atoms. The van der Waals surface area contributed by atoms with Gasteiger partial charge in [-0.2, -0.15) is 0 Å². The maximum absolute atomic E-state index is 12.4. The molecule has 0 spiro atoms. The standard InChI is InChI=1S/C24H23N3O4S/c1-31-16-5-3-15(4-6-16)23-26-20-8-9-27(12-21(20)32-23)22(24(29)30)18-11-25-19-7-2-14(13-28)10-17(18)19/h2-7,10-11,22,25,28H,8-9,12-13H2,1H3,(H,29,30). The van der Waals surface area contributed by atoms with Crippen molar-refractivity contribution in [2.24, 2.45) is 0 Å². The van der Waals surface area contributed by atoms with Gasteiger partial charge in [-0.15, -0.1) is 11.3 Å². The van der Waals surface area contributed by atoms with E-state index in [2.05, 4.69) is 4.98 Å². The van der Waals surface area contributed by atoms with Crippen molar-refractivity contribution in [2.45, 2.75) is 25.6 Å². The molecule has 7 nitrogen and oxygen atoms in total. The predicted octanol–water partition coefficient (Wildman–Crippen LogP) is 3.98. The first kappa shape index (κ1) is 20.7. The highest BCUT2D eigenvalue weighted by atomic mass is 32.1. The number of aliphatic carboxylic acids is 1. The fourth-order valence-electron chi connectivity index (χ4n) is 4.29. The van der Waals surface area contributed by atoms with Crippen LogP contribution >= 0.6 is 11.3 Å². The van der Waals surface area contributed by atoms with Gasteiger partial charge in [0.2, 0.25) is 0 Å². The van der Waals surface area contributed by atoms with Crippen molar-refractivity contribution >= 4 is 28.2 Å². The van der Waals surface area contributed by atoms with Crippen LogP contribution < -0.4 is 4.74 Å². The van der Waals surface area contributed by atoms with E-state index in [1.165, 1.54) is 0 Å². The first-order valence-electron chi connectivity index (χ1n) is 10.4. The van der Waals surface area contributed by atoms with Gasteiger partial charge in [0, 0.05) is 52.6 Å². The third-order valence-electron chi connectivity index (χ3n) is 5.95. The van der Waals surface area contributed by atoms with Crippen LogP contribution in [0.2, 0.25) is 0 Å². The van der Waals surface area contributed by atoms with Crippen LogP contribution in [0.15, 0.2) is 48.7 Å². The molecule has 2 aromatic heterocycles. The van der Waals surface area contributed by atoms with Crippen LogP contribution in [0, 0.1) is 0 Å². The molecular weight excluding hydrogens is 426 g/mol. The molecule has 0 aliphatic carbocycles. The Morgan fingerprint density at radius 3 is 2.81 bits per heavy atom. The minimum absolute atomic E-state index is 0.0830. The van der Waals surface area contributed by atoms with E-state index in [0.717, 1.165) is 43.4 Å². The molecule has 3 N–H and O–H groups in total. The number of ether oxygens (including phenoxy) is 1. The number of hydrogen-bond acceptors (Lipinski definition) is 6. The third-order valence-corrected chi connectivity index (χ3v) is 7.08. The number of aliphatic hydroxyl groups is 1. The van der Waals surface area contributed by atoms with Crippen LogP contribution in [0.4, 0.5) is 0 Å². The summed E-state index contributed by atoms with van der Waals surface area (Å²) >= 11 is 1.61. The van der Waals surface area contributed by atoms with Crippen molar-refractivity contribution in [3.8, 4) is 16.3 Å². The Hall–Kier alpha value is -3.20. The molecular formula is C24H23N3O4S. The number of nitrogens with one attached hydrogen (secondary N) is 1. The number of carboxylic acids is 1. The summed E-state index contributed by atoms with van der Waals surface area (Å²) in [6.07, 6.45) is 2.48. The van der Waals surface area contributed by atoms with Crippen LogP contribution in [0.1, 0.15) is 27.7 Å². The second-order valence-electron chi connectivity index (χ2n) is 7.86. The molecule has 1 aliphatic heterocycles. The molecule has 164 valence electrons. The topological polar surface area (TPSA) is 98.7 Å². The van der Waals surface area contributed by atoms with Gasteiger partial charge in [-0.05, 0) is 42.0 Å². The number of aromatic nitrogens is 2. The lowest BCUT2D eigenvalue weighted by molar-refractivity contribution is -0.144. The summed E-state index contributed by atoms with van der Waals surface area (Å²) in [6, 6.07) is 12.6. The van der Waals surface area contributed by atoms with Gasteiger partial charge in [0.25, 0.3) is 0 Å². The number of hydrogen-bond donors (Lipinski definition) is 3. The number of fused-ring (bicyclic) bond motifs is 2. The summed E-state index contributed by atoms with van der Waals surface area (Å²) in [5.41, 5.74) is 4.41. The summed E-state index contributed by atoms with van der Waals surface area (Å²) in [4.78, 5) is 23.5. The van der Waals surface area contributed by atoms with E-state index in [0.29, 0.717) is 25.1 Å². The van der Waals surface area contributed by atoms with E-state index in [9.17, 15) is 15.0 Å². The summed E-state index contributed by atoms with van der Waals surface area (Å²) < 4.78 is 5.23. The van der Waals surface area contributed by atoms with Crippen LogP contribution in [0.3, 0.4) is 0 Å². The second-order valence-corrected chi connectivity index (χ2v) is 8.94. The van der Waals surface area contributed by atoms with Gasteiger partial charge >= 0.3 is 5.97 Å². The van der Waals surface area contributed by atoms with Crippen molar-refractivity contribution in [3.05, 3.63) is 70.4 Å². The van der Waals surface area contributed by atoms with E-state index >= 15 is 0 Å². The number of H-pyrrole nitrogens is 1. The number of rotatable bonds is 6. The number of nitrogens with zero attached hydrogens (tertiary/aromatic N) is 2. The van der Waals surface area contributed by atoms with E-state index < -0.39 is 12.0 Å². The Morgan fingerprint density at radius 1 is 1.28 bits per heavy atom. The molecule has 0 amide bonds. The molecule has 0 bridgehead atoms. The van der Waals surface area contributed by atoms with E-state index in [1.807, 2.05) is 47.4 Å². The molecule has 1 unspecified atom stereocenters. The summed E-state index contributed by atoms with van der Waals surface area (Å²) in [6.45, 7) is 1.06. The first-order valence-corrected chi connectivity index (χ1v) is 11.2. The Balaban J connectivity index is 1.45. The van der Waals surface area contributed by atoms with Crippen molar-refractivity contribution in [3.63, 3.8) is 0 Å². The van der Waals surface area contributed by atoms with Crippen molar-refractivity contribution in [1.29, 1.82) is 0 Å². The van der Waals surface area contributed by atoms with Crippen LogP contribution in [0.5, 0.6) is 5.75 Å². The summed E-state index contributed by atoms with van der Waals surface area (Å²) in [5.74, 6) is -0.0859. The van der Waals surface area contributed by atoms with Crippen LogP contribution in [-0.2, 0) is 24.4 Å². The van der Waals surface area contributed by atoms with E-state index in [1.54, 1.807) is 24.6 Å². The number of aromatic amines is 1. The van der Waals surface area contributed by atoms with Gasteiger partial charge in [-0.25, -0.2) is 4.98 Å². The van der Waals surface area contributed by atoms with Crippen LogP contribution in [-0.4, -0.2) is 44.7 Å². The van der Waals surface area contributed by atoms with Gasteiger partial charge < -0.3 is 19.9 Å². The summed E-state index contributed by atoms with van der Waals surface area (Å²) in [5, 5.41) is 21.4. The highest BCUT2D eigenvalue weighted by Crippen LogP contribution is 2.37. The Morgan fingerprint density at radius 2 is 2.09 bits per heavy atom. The van der Waals surface area contributed by atoms with Crippen molar-refractivity contribution < 1.29 is 19.7 Å². The number of aliphatic hydroxyl groups excluding tert-OH is 1. The molecule has 0 saturated carbocycles. The normalized spacial score (nSPS) is 14.9. The second kappa shape index (κ2) is 8.38. The van der Waals surface area contributed by atoms with Crippen molar-refractivity contribution in [1.82, 2.24) is 14.9 Å². The first-order chi connectivity index (χ1) is 15.6. The Kier molecular flexibility index (Phi) is 5.42. The van der Waals surface area contributed by atoms with Gasteiger partial charge in [0.05, 0.1) is 19.4 Å². The minimum Gasteiger partial charge on any atom is -0.497 e. The van der Waals surface area contributed by atoms with Crippen LogP contribution in [0.25, 0.3) is 21.5 Å². The predicted molar refractivity (Wildman–Crippen MR) is 123 cm³/mol. The third kappa shape index (κ3) is 3.66. The molecule has 1 atom stereocenters. The minimum atomic E-state index is -0.886. The molecule has 8 heteroatoms. The smallest absolute Gasteiger partial charge is 0.325 e. The molecule has 0 fully saturated rings. The molecule has 3 heterocycles. The number of carbonyl (C=O) groups is 1. The zero-order valence-corrected chi connectivity index (χ0v) is 18.4. The number of benzene rings is 2. The SMILES string of the molecule is COc1ccc(-c2nc3c(s2)CN(C(C(=O)O)c2c[nH]c4ccc(CO)cc24)CC3)cc1. The summed E-state index contributed by atoms with van der Waals surface area (Å²) in [7, 11) is 1.64. The van der Waals surface area contributed by atoms with Gasteiger partial charge in [0.15, 0.2) is 0 Å². The molecule has 4 aromatic rings. The number of carboxylic acid groups (broad SMARTS) is 1. The average Bonchev–Trinajstić information content (AvgIpc) is 3.43. The van der Waals surface area contributed by atoms with Gasteiger partial charge in [-0.3, -0.25) is 9.69 Å². The van der Waals surface area contributed by atoms with E-state index in [4.69, 9.17) is 9.72 Å². The molecule has 0 radical (unpaired) electrons. The van der Waals surface area contributed by atoms with Crippen molar-refractivity contribution in [2.75, 3.05) is 13.7 Å². The highest BCUT2D eigenvalue weighted by molar-refractivity contribution is 7.15. The molecule has 2 aromatic carbocycles. The van der Waals surface area contributed by atoms with E-state index in [-0.39, 0.29) is 6.61 Å². The fraction of sp³-hybridized carbons (Fsp3) is 0.250. The quantitative estimate of drug-likeness (QED) is 0.412. The fourth-order valence-corrected chi connectivity index (χ4v) is 5.43.